The second-order valence-corrected chi connectivity index (χ2v) is 3.19. The number of nitrogens with one attached hydrogen (secondary N) is 1. The van der Waals surface area contributed by atoms with Gasteiger partial charge in [0.1, 0.15) is 17.7 Å². The van der Waals surface area contributed by atoms with Gasteiger partial charge in [0.15, 0.2) is 0 Å². The van der Waals surface area contributed by atoms with Crippen molar-refractivity contribution < 1.29 is 0 Å². The van der Waals surface area contributed by atoms with E-state index < -0.39 is 0 Å². The maximum atomic E-state index is 8.57. The minimum absolute atomic E-state index is 0.0178. The zero-order valence-electron chi connectivity index (χ0n) is 8.75. The Kier molecular flexibility index (Phi) is 2.95. The predicted octanol–water partition coefficient (Wildman–Crippen LogP) is 1.97. The molecule has 0 saturated heterocycles. The van der Waals surface area contributed by atoms with Gasteiger partial charge in [-0.15, -0.1) is 0 Å². The van der Waals surface area contributed by atoms with Gasteiger partial charge in [0.25, 0.3) is 0 Å². The van der Waals surface area contributed by atoms with Crippen molar-refractivity contribution in [3.8, 4) is 12.1 Å². The maximum Gasteiger partial charge on any atom is 0.145 e. The van der Waals surface area contributed by atoms with Crippen LogP contribution >= 0.6 is 0 Å². The Labute approximate surface area is 97.7 Å². The number of hydrogen-bond donors (Lipinski definition) is 1. The highest BCUT2D eigenvalue weighted by Crippen LogP contribution is 2.15. The van der Waals surface area contributed by atoms with Crippen molar-refractivity contribution in [3.05, 3.63) is 42.4 Å². The highest BCUT2D eigenvalue weighted by atomic mass is 14.8. The first-order valence-electron chi connectivity index (χ1n) is 4.81. The summed E-state index contributed by atoms with van der Waals surface area (Å²) in [4.78, 5) is 8.30. The van der Waals surface area contributed by atoms with Crippen molar-refractivity contribution >= 4 is 16.7 Å². The summed E-state index contributed by atoms with van der Waals surface area (Å²) in [6, 6.07) is 8.96. The summed E-state index contributed by atoms with van der Waals surface area (Å²) in [6.45, 7) is 0. The van der Waals surface area contributed by atoms with Crippen LogP contribution in [0.15, 0.2) is 42.4 Å². The molecule has 5 heteroatoms. The van der Waals surface area contributed by atoms with E-state index in [4.69, 9.17) is 10.5 Å². The predicted molar refractivity (Wildman–Crippen MR) is 62.5 cm³/mol. The van der Waals surface area contributed by atoms with E-state index in [-0.39, 0.29) is 5.57 Å². The smallest absolute Gasteiger partial charge is 0.145 e. The number of nitriles is 2. The fourth-order valence-electron chi connectivity index (χ4n) is 1.30. The molecule has 80 valence electrons. The Bertz CT molecular complexity index is 644. The molecule has 0 radical (unpaired) electrons. The van der Waals surface area contributed by atoms with Crippen LogP contribution in [-0.4, -0.2) is 9.97 Å². The number of nitrogens with zero attached hydrogens (tertiary/aromatic N) is 4. The lowest BCUT2D eigenvalue weighted by Crippen LogP contribution is -1.91. The second kappa shape index (κ2) is 4.73. The summed E-state index contributed by atoms with van der Waals surface area (Å²) < 4.78 is 0. The molecule has 1 aromatic heterocycles. The standard InChI is InChI=1S/C12H7N5/c13-6-9(7-14)8-17-10-1-2-11-12(5-10)16-4-3-15-11/h1-5,8,17H. The van der Waals surface area contributed by atoms with Crippen molar-refractivity contribution in [1.82, 2.24) is 9.97 Å². The first kappa shape index (κ1) is 10.6. The largest absolute Gasteiger partial charge is 0.360 e. The van der Waals surface area contributed by atoms with Crippen molar-refractivity contribution in [3.63, 3.8) is 0 Å². The summed E-state index contributed by atoms with van der Waals surface area (Å²) in [5, 5.41) is 20.0. The van der Waals surface area contributed by atoms with E-state index in [2.05, 4.69) is 15.3 Å². The Morgan fingerprint density at radius 3 is 2.53 bits per heavy atom. The first-order chi connectivity index (χ1) is 8.33. The molecule has 1 N–H and O–H groups in total. The van der Waals surface area contributed by atoms with E-state index in [1.165, 1.54) is 6.20 Å². The molecule has 0 aliphatic heterocycles. The van der Waals surface area contributed by atoms with Crippen LogP contribution < -0.4 is 5.32 Å². The maximum absolute atomic E-state index is 8.57. The lowest BCUT2D eigenvalue weighted by molar-refractivity contribution is 1.29. The van der Waals surface area contributed by atoms with Gasteiger partial charge in [-0.25, -0.2) is 0 Å². The Morgan fingerprint density at radius 1 is 1.12 bits per heavy atom. The van der Waals surface area contributed by atoms with Gasteiger partial charge in [-0.3, -0.25) is 9.97 Å². The molecule has 0 unspecified atom stereocenters. The number of fused-ring (bicyclic) bond motifs is 1. The molecule has 0 aliphatic rings. The summed E-state index contributed by atoms with van der Waals surface area (Å²) in [7, 11) is 0. The van der Waals surface area contributed by atoms with Gasteiger partial charge >= 0.3 is 0 Å². The normalized spacial score (nSPS) is 9.06. The average molecular weight is 221 g/mol. The van der Waals surface area contributed by atoms with Crippen LogP contribution in [-0.2, 0) is 0 Å². The van der Waals surface area contributed by atoms with Crippen molar-refractivity contribution in [2.24, 2.45) is 0 Å². The third kappa shape index (κ3) is 2.36. The molecule has 2 aromatic rings. The number of hydrogen-bond acceptors (Lipinski definition) is 5. The fraction of sp³-hybridized carbons (Fsp3) is 0. The topological polar surface area (TPSA) is 85.4 Å². The van der Waals surface area contributed by atoms with Gasteiger partial charge in [0.2, 0.25) is 0 Å². The van der Waals surface area contributed by atoms with Crippen molar-refractivity contribution in [2.75, 3.05) is 5.32 Å². The highest BCUT2D eigenvalue weighted by molar-refractivity contribution is 5.78. The quantitative estimate of drug-likeness (QED) is 0.783. The summed E-state index contributed by atoms with van der Waals surface area (Å²) in [6.07, 6.45) is 4.59. The van der Waals surface area contributed by atoms with Gasteiger partial charge in [-0.2, -0.15) is 10.5 Å². The van der Waals surface area contributed by atoms with Gasteiger partial charge in [-0.05, 0) is 18.2 Å². The van der Waals surface area contributed by atoms with Crippen LogP contribution in [0.2, 0.25) is 0 Å². The zero-order valence-corrected chi connectivity index (χ0v) is 8.75. The van der Waals surface area contributed by atoms with Crippen molar-refractivity contribution in [2.45, 2.75) is 0 Å². The molecule has 17 heavy (non-hydrogen) atoms. The molecule has 0 atom stereocenters. The Balaban J connectivity index is 2.30. The average Bonchev–Trinajstić information content (AvgIpc) is 2.40. The molecule has 0 bridgehead atoms. The number of anilines is 1. The Hall–Kier alpha value is -2.92. The SMILES string of the molecule is N#CC(C#N)=CNc1ccc2nccnc2c1. The first-order valence-corrected chi connectivity index (χ1v) is 4.81. The summed E-state index contributed by atoms with van der Waals surface area (Å²) in [5.74, 6) is 0. The van der Waals surface area contributed by atoms with Crippen LogP contribution in [0.3, 0.4) is 0 Å². The summed E-state index contributed by atoms with van der Waals surface area (Å²) >= 11 is 0. The number of rotatable bonds is 2. The molecule has 5 nitrogen and oxygen atoms in total. The third-order valence-corrected chi connectivity index (χ3v) is 2.09. The van der Waals surface area contributed by atoms with Crippen LogP contribution in [0.25, 0.3) is 11.0 Å². The number of benzene rings is 1. The molecule has 0 spiro atoms. The van der Waals surface area contributed by atoms with E-state index in [0.29, 0.717) is 0 Å². The van der Waals surface area contributed by atoms with E-state index in [0.717, 1.165) is 16.7 Å². The van der Waals surface area contributed by atoms with Gasteiger partial charge < -0.3 is 5.32 Å². The molecule has 0 aliphatic carbocycles. The monoisotopic (exact) mass is 221 g/mol. The molecule has 2 rings (SSSR count). The Morgan fingerprint density at radius 2 is 1.82 bits per heavy atom. The molecule has 0 fully saturated rings. The minimum atomic E-state index is 0.0178. The van der Waals surface area contributed by atoms with Crippen LogP contribution in [0.5, 0.6) is 0 Å². The van der Waals surface area contributed by atoms with Crippen LogP contribution in [0.4, 0.5) is 5.69 Å². The third-order valence-electron chi connectivity index (χ3n) is 2.09. The van der Waals surface area contributed by atoms with Gasteiger partial charge in [-0.1, -0.05) is 0 Å². The highest BCUT2D eigenvalue weighted by Gasteiger charge is 1.97. The minimum Gasteiger partial charge on any atom is -0.360 e. The van der Waals surface area contributed by atoms with Gasteiger partial charge in [0, 0.05) is 24.3 Å². The summed E-state index contributed by atoms with van der Waals surface area (Å²) in [5.41, 5.74) is 2.31. The van der Waals surface area contributed by atoms with Crippen molar-refractivity contribution in [1.29, 1.82) is 10.5 Å². The molecule has 1 aromatic carbocycles. The number of aromatic nitrogens is 2. The zero-order chi connectivity index (χ0) is 12.1. The van der Waals surface area contributed by atoms with Gasteiger partial charge in [0.05, 0.1) is 11.0 Å². The van der Waals surface area contributed by atoms with E-state index >= 15 is 0 Å². The molecular formula is C12H7N5. The van der Waals surface area contributed by atoms with E-state index in [9.17, 15) is 0 Å². The molecule has 1 heterocycles. The lowest BCUT2D eigenvalue weighted by atomic mass is 10.2. The van der Waals surface area contributed by atoms with E-state index in [1.807, 2.05) is 6.07 Å². The van der Waals surface area contributed by atoms with E-state index in [1.54, 1.807) is 36.7 Å². The lowest BCUT2D eigenvalue weighted by Gasteiger charge is -2.01. The molecule has 0 amide bonds. The molecular weight excluding hydrogens is 214 g/mol. The molecule has 0 saturated carbocycles. The number of allylic oxidation sites excluding steroid dienone is 1. The fourth-order valence-corrected chi connectivity index (χ4v) is 1.30. The second-order valence-electron chi connectivity index (χ2n) is 3.19. The van der Waals surface area contributed by atoms with Crippen LogP contribution in [0.1, 0.15) is 0 Å². The van der Waals surface area contributed by atoms with Crippen LogP contribution in [0, 0.1) is 22.7 Å².